The van der Waals surface area contributed by atoms with Gasteiger partial charge in [-0.3, -0.25) is 0 Å². The Labute approximate surface area is 84.9 Å². The summed E-state index contributed by atoms with van der Waals surface area (Å²) in [4.78, 5) is 0. The highest BCUT2D eigenvalue weighted by atomic mass is 15.1. The summed E-state index contributed by atoms with van der Waals surface area (Å²) in [7, 11) is 0. The molecule has 2 nitrogen and oxygen atoms in total. The fourth-order valence-corrected chi connectivity index (χ4v) is 5.27. The monoisotopic (exact) mass is 190 g/mol. The number of nitrogens with two attached hydrogens (primary N) is 1. The van der Waals surface area contributed by atoms with E-state index >= 15 is 0 Å². The molecule has 2 bridgehead atoms. The molecule has 0 aromatic carbocycles. The lowest BCUT2D eigenvalue weighted by Crippen LogP contribution is -2.55. The molecule has 1 saturated heterocycles. The average Bonchev–Trinajstić information content (AvgIpc) is 2.73. The number of hydrogen-bond donors (Lipinski definition) is 2. The van der Waals surface area contributed by atoms with Gasteiger partial charge in [-0.25, -0.2) is 0 Å². The molecule has 4 unspecified atom stereocenters. The highest BCUT2D eigenvalue weighted by Gasteiger charge is 2.74. The van der Waals surface area contributed by atoms with Crippen LogP contribution in [0, 0.1) is 16.7 Å². The minimum atomic E-state index is 0.0394. The molecule has 2 saturated carbocycles. The van der Waals surface area contributed by atoms with E-state index in [1.54, 1.807) is 0 Å². The number of rotatable bonds is 0. The number of hydrogen-bond acceptors (Lipinski definition) is 2. The van der Waals surface area contributed by atoms with Gasteiger partial charge in [-0.15, -0.1) is 0 Å². The van der Waals surface area contributed by atoms with Crippen LogP contribution in [0.4, 0.5) is 0 Å². The molecule has 76 valence electrons. The maximum Gasteiger partial charge on any atom is 0.0420 e. The van der Waals surface area contributed by atoms with E-state index in [4.69, 9.17) is 5.73 Å². The van der Waals surface area contributed by atoms with Crippen LogP contribution in [-0.4, -0.2) is 18.6 Å². The van der Waals surface area contributed by atoms with Gasteiger partial charge in [-0.05, 0) is 30.6 Å². The largest absolute Gasteiger partial charge is 0.321 e. The van der Waals surface area contributed by atoms with Crippen LogP contribution < -0.4 is 11.1 Å². The number of fused-ring (bicyclic) bond motifs is 2. The lowest BCUT2D eigenvalue weighted by Gasteiger charge is -2.45. The molecule has 4 atom stereocenters. The van der Waals surface area contributed by atoms with Crippen molar-refractivity contribution in [3.05, 3.63) is 12.2 Å². The van der Waals surface area contributed by atoms with E-state index < -0.39 is 0 Å². The first-order valence-electron chi connectivity index (χ1n) is 5.92. The zero-order chi connectivity index (χ0) is 9.44. The van der Waals surface area contributed by atoms with Gasteiger partial charge in [0, 0.05) is 24.0 Å². The third-order valence-electron chi connectivity index (χ3n) is 5.83. The molecular formula is C12H18N2. The van der Waals surface area contributed by atoms with Crippen molar-refractivity contribution in [1.29, 1.82) is 0 Å². The molecule has 1 aliphatic heterocycles. The smallest absolute Gasteiger partial charge is 0.0420 e. The molecular weight excluding hydrogens is 172 g/mol. The minimum Gasteiger partial charge on any atom is -0.321 e. The second-order valence-corrected chi connectivity index (χ2v) is 5.91. The standard InChI is InChI=1S/C12H18N2/c13-12-5-2-9(6-12)10-3-1-4-11(10,12)8-14-7-10/h2,5,9,14H,1,3-4,6-8,13H2. The van der Waals surface area contributed by atoms with Crippen LogP contribution in [0.1, 0.15) is 25.7 Å². The summed E-state index contributed by atoms with van der Waals surface area (Å²) >= 11 is 0. The predicted octanol–water partition coefficient (Wildman–Crippen LogP) is 1.03. The van der Waals surface area contributed by atoms with Crippen LogP contribution in [0.2, 0.25) is 0 Å². The molecule has 0 amide bonds. The van der Waals surface area contributed by atoms with E-state index in [0.717, 1.165) is 5.92 Å². The Morgan fingerprint density at radius 3 is 3.07 bits per heavy atom. The molecule has 3 aliphatic carbocycles. The Bertz CT molecular complexity index is 323. The van der Waals surface area contributed by atoms with E-state index in [0.29, 0.717) is 10.8 Å². The summed E-state index contributed by atoms with van der Waals surface area (Å²) in [5.41, 5.74) is 7.65. The summed E-state index contributed by atoms with van der Waals surface area (Å²) in [6, 6.07) is 0. The molecule has 2 heteroatoms. The Morgan fingerprint density at radius 2 is 2.21 bits per heavy atom. The number of allylic oxidation sites excluding steroid dienone is 1. The van der Waals surface area contributed by atoms with Crippen molar-refractivity contribution >= 4 is 0 Å². The van der Waals surface area contributed by atoms with Gasteiger partial charge in [-0.1, -0.05) is 18.6 Å². The summed E-state index contributed by atoms with van der Waals surface area (Å²) in [5.74, 6) is 0.782. The fourth-order valence-electron chi connectivity index (χ4n) is 5.27. The molecule has 4 rings (SSSR count). The Morgan fingerprint density at radius 1 is 1.29 bits per heavy atom. The summed E-state index contributed by atoms with van der Waals surface area (Å²) < 4.78 is 0. The predicted molar refractivity (Wildman–Crippen MR) is 55.8 cm³/mol. The van der Waals surface area contributed by atoms with Crippen LogP contribution in [0.25, 0.3) is 0 Å². The molecule has 3 fully saturated rings. The molecule has 4 aliphatic rings. The second kappa shape index (κ2) is 1.96. The average molecular weight is 190 g/mol. The van der Waals surface area contributed by atoms with Crippen molar-refractivity contribution in [2.75, 3.05) is 13.1 Å². The molecule has 1 heterocycles. The van der Waals surface area contributed by atoms with Crippen molar-refractivity contribution in [1.82, 2.24) is 5.32 Å². The van der Waals surface area contributed by atoms with Gasteiger partial charge < -0.3 is 11.1 Å². The van der Waals surface area contributed by atoms with Gasteiger partial charge >= 0.3 is 0 Å². The third-order valence-corrected chi connectivity index (χ3v) is 5.83. The van der Waals surface area contributed by atoms with Gasteiger partial charge in [0.25, 0.3) is 0 Å². The van der Waals surface area contributed by atoms with E-state index in [1.165, 1.54) is 38.8 Å². The summed E-state index contributed by atoms with van der Waals surface area (Å²) in [5, 5.41) is 3.61. The molecule has 14 heavy (non-hydrogen) atoms. The zero-order valence-corrected chi connectivity index (χ0v) is 8.55. The van der Waals surface area contributed by atoms with Crippen LogP contribution in [-0.2, 0) is 0 Å². The zero-order valence-electron chi connectivity index (χ0n) is 8.55. The van der Waals surface area contributed by atoms with Gasteiger partial charge in [0.2, 0.25) is 0 Å². The fraction of sp³-hybridized carbons (Fsp3) is 0.833. The van der Waals surface area contributed by atoms with Crippen LogP contribution in [0.15, 0.2) is 12.2 Å². The van der Waals surface area contributed by atoms with E-state index in [-0.39, 0.29) is 5.54 Å². The van der Waals surface area contributed by atoms with Crippen molar-refractivity contribution < 1.29 is 0 Å². The summed E-state index contributed by atoms with van der Waals surface area (Å²) in [6.45, 7) is 2.39. The van der Waals surface area contributed by atoms with Crippen LogP contribution >= 0.6 is 0 Å². The number of nitrogens with one attached hydrogen (secondary N) is 1. The molecule has 3 N–H and O–H groups in total. The Balaban J connectivity index is 1.99. The van der Waals surface area contributed by atoms with Gasteiger partial charge in [0.15, 0.2) is 0 Å². The lowest BCUT2D eigenvalue weighted by molar-refractivity contribution is 0.105. The van der Waals surface area contributed by atoms with Gasteiger partial charge in [-0.2, -0.15) is 0 Å². The quantitative estimate of drug-likeness (QED) is 0.560. The van der Waals surface area contributed by atoms with Gasteiger partial charge in [0.05, 0.1) is 0 Å². The Hall–Kier alpha value is -0.340. The first-order valence-corrected chi connectivity index (χ1v) is 5.92. The van der Waals surface area contributed by atoms with Crippen LogP contribution in [0.3, 0.4) is 0 Å². The minimum absolute atomic E-state index is 0.0394. The first kappa shape index (κ1) is 7.89. The highest BCUT2D eigenvalue weighted by molar-refractivity contribution is 5.38. The highest BCUT2D eigenvalue weighted by Crippen LogP contribution is 2.72. The van der Waals surface area contributed by atoms with Crippen molar-refractivity contribution in [3.63, 3.8) is 0 Å². The van der Waals surface area contributed by atoms with Crippen molar-refractivity contribution in [2.24, 2.45) is 22.5 Å². The topological polar surface area (TPSA) is 38.0 Å². The van der Waals surface area contributed by atoms with E-state index in [9.17, 15) is 0 Å². The molecule has 0 spiro atoms. The second-order valence-electron chi connectivity index (χ2n) is 5.91. The lowest BCUT2D eigenvalue weighted by atomic mass is 9.60. The van der Waals surface area contributed by atoms with Crippen LogP contribution in [0.5, 0.6) is 0 Å². The normalized spacial score (nSPS) is 63.4. The van der Waals surface area contributed by atoms with E-state index in [1.807, 2.05) is 0 Å². The van der Waals surface area contributed by atoms with Crippen molar-refractivity contribution in [2.45, 2.75) is 31.2 Å². The van der Waals surface area contributed by atoms with Crippen molar-refractivity contribution in [3.8, 4) is 0 Å². The van der Waals surface area contributed by atoms with Gasteiger partial charge in [0.1, 0.15) is 0 Å². The third kappa shape index (κ3) is 0.516. The molecule has 0 aromatic heterocycles. The Kier molecular flexibility index (Phi) is 1.10. The maximum atomic E-state index is 6.63. The molecule has 0 radical (unpaired) electrons. The summed E-state index contributed by atoms with van der Waals surface area (Å²) in [6.07, 6.45) is 10.1. The maximum absolute atomic E-state index is 6.63. The van der Waals surface area contributed by atoms with E-state index in [2.05, 4.69) is 17.5 Å². The first-order chi connectivity index (χ1) is 6.73. The SMILES string of the molecule is NC12C=CC(C1)C13CCCC21CNC3. The molecule has 0 aromatic rings.